The molecule has 6 nitrogen and oxygen atoms in total. The Kier molecular flexibility index (Phi) is 6.98. The number of hydrogen-bond donors (Lipinski definition) is 1. The van der Waals surface area contributed by atoms with Crippen molar-refractivity contribution in [2.45, 2.75) is 18.2 Å². The molecule has 35 heavy (non-hydrogen) atoms. The van der Waals surface area contributed by atoms with Gasteiger partial charge in [0.15, 0.2) is 9.84 Å². The fraction of sp³-hybridized carbons (Fsp3) is 0.143. The Morgan fingerprint density at radius 3 is 2.06 bits per heavy atom. The predicted octanol–water partition coefficient (Wildman–Crippen LogP) is 4.90. The lowest BCUT2D eigenvalue weighted by Crippen LogP contribution is -2.18. The minimum atomic E-state index is -3.29. The number of aromatic nitrogens is 1. The number of sulfone groups is 1. The van der Waals surface area contributed by atoms with Crippen molar-refractivity contribution in [3.8, 4) is 11.1 Å². The molecule has 4 aromatic rings. The van der Waals surface area contributed by atoms with Crippen LogP contribution < -0.4 is 5.32 Å². The molecule has 0 saturated carbocycles. The highest BCUT2D eigenvalue weighted by Gasteiger charge is 2.22. The molecule has 0 radical (unpaired) electrons. The van der Waals surface area contributed by atoms with Gasteiger partial charge in [0, 0.05) is 18.2 Å². The number of carbonyl (C=O) groups excluding carboxylic acids is 2. The van der Waals surface area contributed by atoms with Crippen LogP contribution in [0.5, 0.6) is 0 Å². The molecule has 0 aliphatic carbocycles. The Hall–Kier alpha value is -3.97. The first-order valence-corrected chi connectivity index (χ1v) is 12.9. The number of nitrogens with one attached hydrogen (secondary N) is 1. The molecule has 0 saturated heterocycles. The second-order valence-corrected chi connectivity index (χ2v) is 10.5. The molecule has 0 aliphatic rings. The molecule has 0 bridgehead atoms. The first kappa shape index (κ1) is 24.2. The zero-order chi connectivity index (χ0) is 25.0. The molecule has 0 unspecified atom stereocenters. The molecule has 1 amide bonds. The Labute approximate surface area is 205 Å². The van der Waals surface area contributed by atoms with Crippen LogP contribution in [-0.2, 0) is 28.1 Å². The molecule has 0 aliphatic heterocycles. The van der Waals surface area contributed by atoms with Gasteiger partial charge in [0.2, 0.25) is 11.7 Å². The van der Waals surface area contributed by atoms with E-state index in [1.54, 1.807) is 48.9 Å². The van der Waals surface area contributed by atoms with Crippen molar-refractivity contribution < 1.29 is 18.0 Å². The number of nitrogens with zero attached hydrogens (tertiary/aromatic N) is 1. The third-order valence-electron chi connectivity index (χ3n) is 5.86. The highest BCUT2D eigenvalue weighted by molar-refractivity contribution is 7.91. The molecule has 1 N–H and O–H groups in total. The second-order valence-electron chi connectivity index (χ2n) is 8.18. The van der Waals surface area contributed by atoms with Gasteiger partial charge in [-0.15, -0.1) is 0 Å². The van der Waals surface area contributed by atoms with Gasteiger partial charge in [-0.05, 0) is 29.3 Å². The monoisotopic (exact) mass is 486 g/mol. The second kappa shape index (κ2) is 10.1. The van der Waals surface area contributed by atoms with Crippen molar-refractivity contribution in [1.82, 2.24) is 4.57 Å². The fourth-order valence-corrected chi connectivity index (χ4v) is 4.80. The number of carbonyl (C=O) groups is 2. The molecule has 0 spiro atoms. The largest absolute Gasteiger partial charge is 0.327 e. The number of anilines is 1. The van der Waals surface area contributed by atoms with Crippen LogP contribution in [0.4, 0.5) is 5.82 Å². The van der Waals surface area contributed by atoms with Gasteiger partial charge in [-0.1, -0.05) is 79.7 Å². The van der Waals surface area contributed by atoms with Gasteiger partial charge in [-0.2, -0.15) is 0 Å². The van der Waals surface area contributed by atoms with E-state index in [4.69, 9.17) is 0 Å². The molecule has 1 aromatic heterocycles. The van der Waals surface area contributed by atoms with Crippen LogP contribution in [-0.4, -0.2) is 30.4 Å². The summed E-state index contributed by atoms with van der Waals surface area (Å²) in [4.78, 5) is 26.5. The molecule has 7 heteroatoms. The summed E-state index contributed by atoms with van der Waals surface area (Å²) in [5.74, 6) is 0.113. The van der Waals surface area contributed by atoms with Gasteiger partial charge < -0.3 is 9.88 Å². The molecule has 0 atom stereocenters. The molecule has 178 valence electrons. The van der Waals surface area contributed by atoms with E-state index in [1.165, 1.54) is 12.1 Å². The lowest BCUT2D eigenvalue weighted by Gasteiger charge is -2.10. The van der Waals surface area contributed by atoms with Gasteiger partial charge in [0.05, 0.1) is 22.8 Å². The van der Waals surface area contributed by atoms with E-state index in [1.807, 2.05) is 48.5 Å². The van der Waals surface area contributed by atoms with Crippen LogP contribution in [0.15, 0.2) is 95.9 Å². The maximum atomic E-state index is 13.4. The predicted molar refractivity (Wildman–Crippen MR) is 137 cm³/mol. The number of benzene rings is 3. The Morgan fingerprint density at radius 1 is 0.857 bits per heavy atom. The number of amides is 1. The van der Waals surface area contributed by atoms with Gasteiger partial charge in [-0.3, -0.25) is 9.59 Å². The number of hydrogen-bond acceptors (Lipinski definition) is 4. The summed E-state index contributed by atoms with van der Waals surface area (Å²) in [6.07, 6.45) is 0.0697. The van der Waals surface area contributed by atoms with Gasteiger partial charge in [0.25, 0.3) is 0 Å². The SMILES string of the molecule is CCS(=O)(=O)c1ccc(CC(=O)Nc2cc(-c3ccccc3)c(C(=O)c3ccccc3)n2C)cc1. The van der Waals surface area contributed by atoms with Gasteiger partial charge in [-0.25, -0.2) is 8.42 Å². The van der Waals surface area contributed by atoms with Crippen molar-refractivity contribution in [2.75, 3.05) is 11.1 Å². The summed E-state index contributed by atoms with van der Waals surface area (Å²) >= 11 is 0. The standard InChI is InChI=1S/C28H26N2O4S/c1-3-35(33,34)23-16-14-20(15-17-23)18-26(31)29-25-19-24(21-10-6-4-7-11-21)27(30(25)2)28(32)22-12-8-5-9-13-22/h4-17,19H,3,18H2,1-2H3,(H,29,31). The van der Waals surface area contributed by atoms with Crippen molar-refractivity contribution in [3.63, 3.8) is 0 Å². The summed E-state index contributed by atoms with van der Waals surface area (Å²) in [6.45, 7) is 1.59. The minimum Gasteiger partial charge on any atom is -0.327 e. The fourth-order valence-electron chi connectivity index (χ4n) is 3.92. The smallest absolute Gasteiger partial charge is 0.229 e. The minimum absolute atomic E-state index is 0.0219. The van der Waals surface area contributed by atoms with Crippen LogP contribution in [0.1, 0.15) is 28.5 Å². The van der Waals surface area contributed by atoms with Crippen molar-refractivity contribution in [1.29, 1.82) is 0 Å². The third kappa shape index (κ3) is 5.25. The van der Waals surface area contributed by atoms with Crippen LogP contribution >= 0.6 is 0 Å². The topological polar surface area (TPSA) is 85.2 Å². The van der Waals surface area contributed by atoms with Crippen molar-refractivity contribution >= 4 is 27.3 Å². The van der Waals surface area contributed by atoms with E-state index in [0.29, 0.717) is 22.6 Å². The van der Waals surface area contributed by atoms with E-state index in [0.717, 1.165) is 11.1 Å². The zero-order valence-corrected chi connectivity index (χ0v) is 20.4. The molecule has 1 heterocycles. The lowest BCUT2D eigenvalue weighted by molar-refractivity contribution is -0.115. The molecule has 3 aromatic carbocycles. The van der Waals surface area contributed by atoms with Crippen LogP contribution in [0, 0.1) is 0 Å². The maximum Gasteiger partial charge on any atom is 0.229 e. The van der Waals surface area contributed by atoms with E-state index in [9.17, 15) is 18.0 Å². The Bertz CT molecular complexity index is 1460. The van der Waals surface area contributed by atoms with Crippen molar-refractivity contribution in [2.24, 2.45) is 7.05 Å². The first-order valence-electron chi connectivity index (χ1n) is 11.3. The summed E-state index contributed by atoms with van der Waals surface area (Å²) < 4.78 is 25.7. The van der Waals surface area contributed by atoms with E-state index in [2.05, 4.69) is 5.32 Å². The van der Waals surface area contributed by atoms with Crippen LogP contribution in [0.3, 0.4) is 0 Å². The first-order chi connectivity index (χ1) is 16.8. The molecule has 0 fully saturated rings. The molecule has 4 rings (SSSR count). The lowest BCUT2D eigenvalue weighted by atomic mass is 10.0. The quantitative estimate of drug-likeness (QED) is 0.359. The van der Waals surface area contributed by atoms with Gasteiger partial charge >= 0.3 is 0 Å². The highest BCUT2D eigenvalue weighted by Crippen LogP contribution is 2.31. The molecular formula is C28H26N2O4S. The third-order valence-corrected chi connectivity index (χ3v) is 7.61. The molecular weight excluding hydrogens is 460 g/mol. The Morgan fingerprint density at radius 2 is 1.46 bits per heavy atom. The summed E-state index contributed by atoms with van der Waals surface area (Å²) in [6, 6.07) is 26.7. The number of rotatable bonds is 8. The van der Waals surface area contributed by atoms with Crippen LogP contribution in [0.25, 0.3) is 11.1 Å². The number of ketones is 1. The Balaban J connectivity index is 1.62. The average Bonchev–Trinajstić information content (AvgIpc) is 3.20. The summed E-state index contributed by atoms with van der Waals surface area (Å²) in [5, 5.41) is 2.91. The summed E-state index contributed by atoms with van der Waals surface area (Å²) in [5.41, 5.74) is 3.33. The van der Waals surface area contributed by atoms with Crippen molar-refractivity contribution in [3.05, 3.63) is 108 Å². The summed E-state index contributed by atoms with van der Waals surface area (Å²) in [7, 11) is -1.54. The maximum absolute atomic E-state index is 13.4. The van der Waals surface area contributed by atoms with E-state index < -0.39 is 9.84 Å². The van der Waals surface area contributed by atoms with E-state index >= 15 is 0 Å². The average molecular weight is 487 g/mol. The van der Waals surface area contributed by atoms with Gasteiger partial charge in [0.1, 0.15) is 5.82 Å². The highest BCUT2D eigenvalue weighted by atomic mass is 32.2. The van der Waals surface area contributed by atoms with E-state index in [-0.39, 0.29) is 28.8 Å². The zero-order valence-electron chi connectivity index (χ0n) is 19.6. The normalized spacial score (nSPS) is 11.3. The van der Waals surface area contributed by atoms with Crippen LogP contribution in [0.2, 0.25) is 0 Å².